The van der Waals surface area contributed by atoms with E-state index in [1.54, 1.807) is 60.7 Å². The molecule has 0 amide bonds. The Labute approximate surface area is 130 Å². The van der Waals surface area contributed by atoms with Crippen LogP contribution in [0.2, 0.25) is 0 Å². The van der Waals surface area contributed by atoms with E-state index >= 15 is 0 Å². The van der Waals surface area contributed by atoms with Crippen LogP contribution in [0.5, 0.6) is 0 Å². The number of aromatic amines is 1. The SMILES string of the molecule is N=C(N=C([O-])c1c(=O)o[nH][n+]1-c1ccccc1)c1ccccc1. The van der Waals surface area contributed by atoms with Crippen molar-refractivity contribution >= 4 is 11.7 Å². The van der Waals surface area contributed by atoms with E-state index in [2.05, 4.69) is 14.8 Å². The van der Waals surface area contributed by atoms with E-state index in [4.69, 9.17) is 5.41 Å². The number of nitrogens with one attached hydrogen (secondary N) is 2. The Hall–Kier alpha value is -3.48. The molecule has 0 spiro atoms. The Morgan fingerprint density at radius 3 is 2.35 bits per heavy atom. The van der Waals surface area contributed by atoms with Gasteiger partial charge in [0.2, 0.25) is 5.69 Å². The fourth-order valence-corrected chi connectivity index (χ4v) is 2.03. The monoisotopic (exact) mass is 308 g/mol. The summed E-state index contributed by atoms with van der Waals surface area (Å²) in [6.45, 7) is 0. The molecule has 0 fully saturated rings. The van der Waals surface area contributed by atoms with Crippen LogP contribution < -0.4 is 15.4 Å². The quantitative estimate of drug-likeness (QED) is 0.414. The van der Waals surface area contributed by atoms with Crippen molar-refractivity contribution in [2.24, 2.45) is 4.99 Å². The van der Waals surface area contributed by atoms with Gasteiger partial charge in [-0.3, -0.25) is 9.93 Å². The molecular weight excluding hydrogens is 296 g/mol. The molecule has 114 valence electrons. The van der Waals surface area contributed by atoms with Gasteiger partial charge in [-0.15, -0.1) is 0 Å². The lowest BCUT2D eigenvalue weighted by atomic mass is 10.2. The van der Waals surface area contributed by atoms with Gasteiger partial charge in [-0.1, -0.05) is 48.5 Å². The fourth-order valence-electron chi connectivity index (χ4n) is 2.03. The number of benzene rings is 2. The van der Waals surface area contributed by atoms with Crippen LogP contribution in [0.3, 0.4) is 0 Å². The molecule has 7 heteroatoms. The summed E-state index contributed by atoms with van der Waals surface area (Å²) in [6, 6.07) is 17.3. The van der Waals surface area contributed by atoms with Crippen molar-refractivity contribution in [3.05, 3.63) is 82.3 Å². The van der Waals surface area contributed by atoms with Crippen LogP contribution in [-0.4, -0.2) is 17.0 Å². The Bertz CT molecular complexity index is 911. The van der Waals surface area contributed by atoms with E-state index in [1.807, 2.05) is 0 Å². The maximum Gasteiger partial charge on any atom is 0.436 e. The van der Waals surface area contributed by atoms with Gasteiger partial charge in [0.25, 0.3) is 0 Å². The van der Waals surface area contributed by atoms with Gasteiger partial charge < -0.3 is 5.11 Å². The third-order valence-corrected chi connectivity index (χ3v) is 3.12. The Balaban J connectivity index is 2.02. The van der Waals surface area contributed by atoms with E-state index in [9.17, 15) is 9.90 Å². The van der Waals surface area contributed by atoms with Gasteiger partial charge in [-0.05, 0) is 9.95 Å². The zero-order valence-electron chi connectivity index (χ0n) is 11.9. The van der Waals surface area contributed by atoms with Crippen LogP contribution in [0.25, 0.3) is 5.69 Å². The molecule has 0 unspecified atom stereocenters. The molecule has 1 heterocycles. The number of nitrogens with zero attached hydrogens (tertiary/aromatic N) is 2. The molecule has 0 aliphatic carbocycles. The number of aromatic nitrogens is 2. The first-order valence-electron chi connectivity index (χ1n) is 6.76. The molecule has 3 rings (SSSR count). The number of H-pyrrole nitrogens is 1. The summed E-state index contributed by atoms with van der Waals surface area (Å²) in [7, 11) is 0. The van der Waals surface area contributed by atoms with Crippen molar-refractivity contribution in [1.82, 2.24) is 5.27 Å². The minimum Gasteiger partial charge on any atom is -0.854 e. The van der Waals surface area contributed by atoms with E-state index in [0.717, 1.165) is 0 Å². The van der Waals surface area contributed by atoms with Gasteiger partial charge in [0.05, 0.1) is 5.90 Å². The second-order valence-corrected chi connectivity index (χ2v) is 4.63. The summed E-state index contributed by atoms with van der Waals surface area (Å²) in [6.07, 6.45) is 0. The minimum absolute atomic E-state index is 0.226. The van der Waals surface area contributed by atoms with Crippen LogP contribution in [0.1, 0.15) is 11.3 Å². The van der Waals surface area contributed by atoms with Crippen molar-refractivity contribution in [1.29, 1.82) is 5.41 Å². The van der Waals surface area contributed by atoms with E-state index in [-0.39, 0.29) is 11.5 Å². The van der Waals surface area contributed by atoms with E-state index < -0.39 is 11.5 Å². The minimum atomic E-state index is -0.849. The lowest BCUT2D eigenvalue weighted by molar-refractivity contribution is -0.673. The van der Waals surface area contributed by atoms with Crippen molar-refractivity contribution in [3.8, 4) is 5.69 Å². The average molecular weight is 308 g/mol. The van der Waals surface area contributed by atoms with Gasteiger partial charge in [-0.2, -0.15) is 0 Å². The molecule has 0 aliphatic heterocycles. The summed E-state index contributed by atoms with van der Waals surface area (Å²) >= 11 is 0. The Morgan fingerprint density at radius 1 is 1.09 bits per heavy atom. The Kier molecular flexibility index (Phi) is 3.84. The van der Waals surface area contributed by atoms with Gasteiger partial charge in [0.1, 0.15) is 0 Å². The van der Waals surface area contributed by atoms with Crippen LogP contribution in [0.15, 0.2) is 75.0 Å². The van der Waals surface area contributed by atoms with E-state index in [0.29, 0.717) is 11.3 Å². The summed E-state index contributed by atoms with van der Waals surface area (Å²) in [4.78, 5) is 15.5. The third-order valence-electron chi connectivity index (χ3n) is 3.12. The molecule has 0 bridgehead atoms. The van der Waals surface area contributed by atoms with Crippen LogP contribution in [0.4, 0.5) is 0 Å². The number of para-hydroxylation sites is 1. The summed E-state index contributed by atoms with van der Waals surface area (Å²) in [5.74, 6) is -1.08. The standard InChI is InChI=1S/C16H12N4O3/c17-14(11-7-3-1-4-8-11)18-15(21)13-16(22)23-19-20(13)12-9-5-2-6-10-12/h1-10H,(H2-,17,18,19,21,22). The molecular formula is C16H12N4O3. The molecule has 1 aromatic heterocycles. The average Bonchev–Trinajstić information content (AvgIpc) is 2.98. The lowest BCUT2D eigenvalue weighted by Gasteiger charge is -2.05. The molecule has 23 heavy (non-hydrogen) atoms. The normalized spacial score (nSPS) is 11.4. The fraction of sp³-hybridized carbons (Fsp3) is 0. The summed E-state index contributed by atoms with van der Waals surface area (Å²) < 4.78 is 5.89. The molecule has 0 atom stereocenters. The zero-order chi connectivity index (χ0) is 16.2. The zero-order valence-corrected chi connectivity index (χ0v) is 11.9. The summed E-state index contributed by atoms with van der Waals surface area (Å²) in [5, 5.41) is 22.5. The van der Waals surface area contributed by atoms with Crippen molar-refractivity contribution in [3.63, 3.8) is 0 Å². The largest absolute Gasteiger partial charge is 0.854 e. The molecule has 0 aliphatic rings. The number of rotatable bonds is 3. The first-order chi connectivity index (χ1) is 11.2. The first-order valence-corrected chi connectivity index (χ1v) is 6.76. The second-order valence-electron chi connectivity index (χ2n) is 4.63. The van der Waals surface area contributed by atoms with Gasteiger partial charge in [0, 0.05) is 17.7 Å². The number of aliphatic imine (C=N–C) groups is 1. The smallest absolute Gasteiger partial charge is 0.436 e. The first kappa shape index (κ1) is 14.5. The third kappa shape index (κ3) is 2.93. The highest BCUT2D eigenvalue weighted by atomic mass is 16.5. The lowest BCUT2D eigenvalue weighted by Crippen LogP contribution is -2.45. The molecule has 0 saturated heterocycles. The Morgan fingerprint density at radius 2 is 1.70 bits per heavy atom. The highest BCUT2D eigenvalue weighted by molar-refractivity contribution is 6.05. The molecule has 7 nitrogen and oxygen atoms in total. The second kappa shape index (κ2) is 6.10. The van der Waals surface area contributed by atoms with E-state index in [1.165, 1.54) is 4.68 Å². The molecule has 0 saturated carbocycles. The molecule has 2 aromatic carbocycles. The van der Waals surface area contributed by atoms with Crippen molar-refractivity contribution in [2.75, 3.05) is 0 Å². The summed E-state index contributed by atoms with van der Waals surface area (Å²) in [5.41, 5.74) is -0.115. The number of hydrogen-bond donors (Lipinski definition) is 2. The van der Waals surface area contributed by atoms with Crippen LogP contribution in [0, 0.1) is 5.41 Å². The maximum absolute atomic E-state index is 12.3. The van der Waals surface area contributed by atoms with Crippen LogP contribution >= 0.6 is 0 Å². The maximum atomic E-state index is 12.3. The van der Waals surface area contributed by atoms with Crippen molar-refractivity contribution in [2.45, 2.75) is 0 Å². The highest BCUT2D eigenvalue weighted by Crippen LogP contribution is 2.02. The number of hydrogen-bond acceptors (Lipinski definition) is 4. The molecule has 0 radical (unpaired) electrons. The van der Waals surface area contributed by atoms with Gasteiger partial charge in [0.15, 0.2) is 5.84 Å². The van der Waals surface area contributed by atoms with Gasteiger partial charge >= 0.3 is 11.3 Å². The molecule has 2 N–H and O–H groups in total. The number of amidine groups is 1. The predicted octanol–water partition coefficient (Wildman–Crippen LogP) is 0.377. The topological polar surface area (TPSA) is 109 Å². The highest BCUT2D eigenvalue weighted by Gasteiger charge is 2.23. The van der Waals surface area contributed by atoms with Gasteiger partial charge in [-0.25, -0.2) is 9.79 Å². The molecule has 3 aromatic rings. The van der Waals surface area contributed by atoms with Crippen molar-refractivity contribution < 1.29 is 14.3 Å². The van der Waals surface area contributed by atoms with Crippen LogP contribution in [-0.2, 0) is 0 Å². The predicted molar refractivity (Wildman–Crippen MR) is 80.7 cm³/mol.